The molecular weight excluding hydrogens is 234 g/mol. The molecule has 0 saturated heterocycles. The molecule has 0 aliphatic carbocycles. The molecule has 0 aromatic carbocycles. The molecule has 2 aromatic rings. The van der Waals surface area contributed by atoms with Crippen molar-refractivity contribution in [1.29, 1.82) is 5.26 Å². The van der Waals surface area contributed by atoms with Gasteiger partial charge in [-0.15, -0.1) is 0 Å². The maximum absolute atomic E-state index is 8.88. The molecule has 0 amide bonds. The van der Waals surface area contributed by atoms with E-state index < -0.39 is 5.60 Å². The number of rotatable bonds is 4. The first-order chi connectivity index (χ1) is 8.58. The molecule has 1 N–H and O–H groups in total. The quantitative estimate of drug-likeness (QED) is 0.880. The fourth-order valence-corrected chi connectivity index (χ4v) is 1.54. The first-order valence-electron chi connectivity index (χ1n) is 5.50. The number of nitrogens with zero attached hydrogens (tertiary/aromatic N) is 4. The predicted molar refractivity (Wildman–Crippen MR) is 61.2 cm³/mol. The van der Waals surface area contributed by atoms with Gasteiger partial charge in [0.25, 0.3) is 5.89 Å². The van der Waals surface area contributed by atoms with E-state index in [9.17, 15) is 0 Å². The number of hydrogen-bond donors (Lipinski definition) is 1. The van der Waals surface area contributed by atoms with E-state index >= 15 is 0 Å². The average molecular weight is 247 g/mol. The fraction of sp³-hybridized carbons (Fsp3) is 0.455. The Hall–Kier alpha value is -2.20. The Kier molecular flexibility index (Phi) is 3.12. The summed E-state index contributed by atoms with van der Waals surface area (Å²) in [5.41, 5.74) is 0.149. The van der Waals surface area contributed by atoms with E-state index in [0.717, 1.165) is 0 Å². The van der Waals surface area contributed by atoms with Gasteiger partial charge >= 0.3 is 0 Å². The molecule has 0 fully saturated rings. The van der Waals surface area contributed by atoms with Crippen LogP contribution in [0.1, 0.15) is 32.3 Å². The van der Waals surface area contributed by atoms with Crippen LogP contribution in [0.15, 0.2) is 10.7 Å². The number of H-pyrrole nitrogens is 1. The van der Waals surface area contributed by atoms with Gasteiger partial charge in [-0.25, -0.2) is 0 Å². The van der Waals surface area contributed by atoms with E-state index in [4.69, 9.17) is 14.5 Å². The average Bonchev–Trinajstić information content (AvgIpc) is 2.97. The SMILES string of the molecule is CCOC(C)(C)c1noc(-c2cn[nH]c2C#N)n1. The number of ether oxygens (including phenoxy) is 1. The van der Waals surface area contributed by atoms with Gasteiger partial charge in [0.2, 0.25) is 5.82 Å². The van der Waals surface area contributed by atoms with E-state index in [0.29, 0.717) is 23.7 Å². The lowest BCUT2D eigenvalue weighted by Crippen LogP contribution is -2.23. The van der Waals surface area contributed by atoms with Crippen molar-refractivity contribution in [3.05, 3.63) is 17.7 Å². The summed E-state index contributed by atoms with van der Waals surface area (Å²) in [5.74, 6) is 0.688. The van der Waals surface area contributed by atoms with Crippen LogP contribution in [0.4, 0.5) is 0 Å². The topological polar surface area (TPSA) is 101 Å². The van der Waals surface area contributed by atoms with Gasteiger partial charge in [-0.3, -0.25) is 5.10 Å². The lowest BCUT2D eigenvalue weighted by atomic mass is 10.1. The zero-order chi connectivity index (χ0) is 13.2. The van der Waals surface area contributed by atoms with E-state index in [1.807, 2.05) is 26.8 Å². The molecule has 2 heterocycles. The number of aromatic amines is 1. The van der Waals surface area contributed by atoms with Gasteiger partial charge in [0.1, 0.15) is 17.4 Å². The van der Waals surface area contributed by atoms with Crippen molar-refractivity contribution in [2.24, 2.45) is 0 Å². The molecule has 0 spiro atoms. The van der Waals surface area contributed by atoms with Crippen molar-refractivity contribution in [1.82, 2.24) is 20.3 Å². The summed E-state index contributed by atoms with van der Waals surface area (Å²) in [4.78, 5) is 4.24. The third-order valence-electron chi connectivity index (χ3n) is 2.45. The smallest absolute Gasteiger partial charge is 0.262 e. The van der Waals surface area contributed by atoms with Gasteiger partial charge in [-0.05, 0) is 20.8 Å². The molecule has 2 rings (SSSR count). The summed E-state index contributed by atoms with van der Waals surface area (Å²) in [7, 11) is 0. The largest absolute Gasteiger partial charge is 0.368 e. The fourth-order valence-electron chi connectivity index (χ4n) is 1.54. The van der Waals surface area contributed by atoms with Crippen molar-refractivity contribution >= 4 is 0 Å². The molecule has 0 radical (unpaired) electrons. The molecule has 7 heteroatoms. The summed E-state index contributed by atoms with van der Waals surface area (Å²) in [6.07, 6.45) is 1.48. The van der Waals surface area contributed by atoms with Crippen LogP contribution < -0.4 is 0 Å². The van der Waals surface area contributed by atoms with Crippen molar-refractivity contribution < 1.29 is 9.26 Å². The first-order valence-corrected chi connectivity index (χ1v) is 5.50. The Labute approximate surface area is 104 Å². The highest BCUT2D eigenvalue weighted by molar-refractivity contribution is 5.59. The molecular formula is C11H13N5O2. The summed E-state index contributed by atoms with van der Waals surface area (Å²) in [5, 5.41) is 19.1. The highest BCUT2D eigenvalue weighted by Gasteiger charge is 2.28. The molecule has 7 nitrogen and oxygen atoms in total. The van der Waals surface area contributed by atoms with E-state index in [-0.39, 0.29) is 5.89 Å². The van der Waals surface area contributed by atoms with Crippen LogP contribution in [0, 0.1) is 11.3 Å². The molecule has 94 valence electrons. The minimum absolute atomic E-state index is 0.253. The van der Waals surface area contributed by atoms with Crippen molar-refractivity contribution in [3.63, 3.8) is 0 Å². The second kappa shape index (κ2) is 4.58. The Morgan fingerprint density at radius 1 is 1.56 bits per heavy atom. The minimum Gasteiger partial charge on any atom is -0.368 e. The number of hydrogen-bond acceptors (Lipinski definition) is 6. The molecule has 0 aliphatic rings. The summed E-state index contributed by atoms with van der Waals surface area (Å²) < 4.78 is 10.7. The number of nitriles is 1. The van der Waals surface area contributed by atoms with Gasteiger partial charge in [0, 0.05) is 6.61 Å². The lowest BCUT2D eigenvalue weighted by Gasteiger charge is -2.19. The third kappa shape index (κ3) is 2.10. The highest BCUT2D eigenvalue weighted by atomic mass is 16.5. The summed E-state index contributed by atoms with van der Waals surface area (Å²) in [6.45, 7) is 6.15. The standard InChI is InChI=1S/C11H13N5O2/c1-4-17-11(2,3)10-14-9(18-16-10)7-6-13-15-8(7)5-12/h6H,4H2,1-3H3,(H,13,15). The number of aromatic nitrogens is 4. The van der Waals surface area contributed by atoms with Crippen molar-refractivity contribution in [2.75, 3.05) is 6.61 Å². The van der Waals surface area contributed by atoms with Crippen LogP contribution >= 0.6 is 0 Å². The minimum atomic E-state index is -0.632. The predicted octanol–water partition coefficient (Wildman–Crippen LogP) is 1.60. The molecule has 0 saturated carbocycles. The zero-order valence-electron chi connectivity index (χ0n) is 10.4. The molecule has 2 aromatic heterocycles. The highest BCUT2D eigenvalue weighted by Crippen LogP contribution is 2.25. The van der Waals surface area contributed by atoms with Crippen LogP contribution in [0.5, 0.6) is 0 Å². The van der Waals surface area contributed by atoms with E-state index in [1.54, 1.807) is 0 Å². The molecule has 0 atom stereocenters. The zero-order valence-corrected chi connectivity index (χ0v) is 10.4. The summed E-state index contributed by atoms with van der Waals surface area (Å²) >= 11 is 0. The van der Waals surface area contributed by atoms with E-state index in [2.05, 4.69) is 20.3 Å². The lowest BCUT2D eigenvalue weighted by molar-refractivity contribution is -0.0221. The Morgan fingerprint density at radius 2 is 2.33 bits per heavy atom. The van der Waals surface area contributed by atoms with Crippen LogP contribution in [0.3, 0.4) is 0 Å². The maximum atomic E-state index is 8.88. The normalized spacial score (nSPS) is 11.4. The second-order valence-electron chi connectivity index (χ2n) is 4.14. The molecule has 18 heavy (non-hydrogen) atoms. The van der Waals surface area contributed by atoms with Crippen molar-refractivity contribution in [3.8, 4) is 17.5 Å². The van der Waals surface area contributed by atoms with Gasteiger partial charge in [-0.1, -0.05) is 5.16 Å². The van der Waals surface area contributed by atoms with Crippen LogP contribution in [-0.4, -0.2) is 26.9 Å². The van der Waals surface area contributed by atoms with Crippen LogP contribution in [0.2, 0.25) is 0 Å². The van der Waals surface area contributed by atoms with Gasteiger partial charge < -0.3 is 9.26 Å². The Morgan fingerprint density at radius 3 is 3.00 bits per heavy atom. The van der Waals surface area contributed by atoms with Crippen LogP contribution in [0.25, 0.3) is 11.5 Å². The molecule has 0 aliphatic heterocycles. The number of nitrogens with one attached hydrogen (secondary N) is 1. The second-order valence-corrected chi connectivity index (χ2v) is 4.14. The monoisotopic (exact) mass is 247 g/mol. The maximum Gasteiger partial charge on any atom is 0.262 e. The van der Waals surface area contributed by atoms with E-state index in [1.165, 1.54) is 6.20 Å². The molecule has 0 unspecified atom stereocenters. The Bertz CT molecular complexity index is 578. The first kappa shape index (κ1) is 12.3. The molecule has 0 bridgehead atoms. The van der Waals surface area contributed by atoms with Gasteiger partial charge in [0.05, 0.1) is 11.8 Å². The van der Waals surface area contributed by atoms with Crippen molar-refractivity contribution in [2.45, 2.75) is 26.4 Å². The van der Waals surface area contributed by atoms with Gasteiger partial charge in [-0.2, -0.15) is 15.3 Å². The Balaban J connectivity index is 2.35. The third-order valence-corrected chi connectivity index (χ3v) is 2.45. The van der Waals surface area contributed by atoms with Crippen LogP contribution in [-0.2, 0) is 10.3 Å². The summed E-state index contributed by atoms with van der Waals surface area (Å²) in [6, 6.07) is 1.97. The van der Waals surface area contributed by atoms with Gasteiger partial charge in [0.15, 0.2) is 0 Å².